The van der Waals surface area contributed by atoms with Crippen molar-refractivity contribution in [2.75, 3.05) is 26.2 Å². The van der Waals surface area contributed by atoms with Crippen molar-refractivity contribution in [3.63, 3.8) is 0 Å². The number of amides is 1. The SMILES string of the molecule is CC1CN(C(=O)COC(=O)CC2c3ccccc3CCN2S(=O)(=O)c2ccccc2)CC(C)O1. The Balaban J connectivity index is 1.49. The summed E-state index contributed by atoms with van der Waals surface area (Å²) in [6.45, 7) is 4.56. The lowest BCUT2D eigenvalue weighted by molar-refractivity contribution is -0.157. The van der Waals surface area contributed by atoms with Crippen molar-refractivity contribution >= 4 is 21.9 Å². The number of hydrogen-bond donors (Lipinski definition) is 0. The number of morpholine rings is 1. The van der Waals surface area contributed by atoms with Gasteiger partial charge in [-0.1, -0.05) is 42.5 Å². The highest BCUT2D eigenvalue weighted by Gasteiger charge is 2.38. The lowest BCUT2D eigenvalue weighted by Gasteiger charge is -2.36. The van der Waals surface area contributed by atoms with Crippen LogP contribution >= 0.6 is 0 Å². The molecule has 2 aliphatic rings. The monoisotopic (exact) mass is 486 g/mol. The second kappa shape index (κ2) is 10.2. The summed E-state index contributed by atoms with van der Waals surface area (Å²) in [5.74, 6) is -0.897. The minimum atomic E-state index is -3.82. The molecule has 0 saturated carbocycles. The van der Waals surface area contributed by atoms with Crippen LogP contribution in [0.3, 0.4) is 0 Å². The summed E-state index contributed by atoms with van der Waals surface area (Å²) in [7, 11) is -3.82. The average Bonchev–Trinajstić information content (AvgIpc) is 2.82. The van der Waals surface area contributed by atoms with Crippen molar-refractivity contribution in [2.24, 2.45) is 0 Å². The first-order chi connectivity index (χ1) is 16.3. The molecular weight excluding hydrogens is 456 g/mol. The molecule has 2 heterocycles. The maximum Gasteiger partial charge on any atom is 0.308 e. The van der Waals surface area contributed by atoms with E-state index in [9.17, 15) is 18.0 Å². The first kappa shape index (κ1) is 24.4. The van der Waals surface area contributed by atoms with Crippen LogP contribution in [0.5, 0.6) is 0 Å². The van der Waals surface area contributed by atoms with Gasteiger partial charge in [0, 0.05) is 19.6 Å². The molecule has 2 aliphatic heterocycles. The van der Waals surface area contributed by atoms with Gasteiger partial charge in [-0.2, -0.15) is 4.31 Å². The molecule has 0 radical (unpaired) electrons. The van der Waals surface area contributed by atoms with Crippen LogP contribution in [-0.2, 0) is 35.5 Å². The Morgan fingerprint density at radius 3 is 2.35 bits per heavy atom. The van der Waals surface area contributed by atoms with Gasteiger partial charge in [0.25, 0.3) is 5.91 Å². The van der Waals surface area contributed by atoms with Crippen LogP contribution in [0.25, 0.3) is 0 Å². The van der Waals surface area contributed by atoms with E-state index in [2.05, 4.69) is 0 Å². The van der Waals surface area contributed by atoms with Crippen LogP contribution in [0.4, 0.5) is 0 Å². The molecule has 34 heavy (non-hydrogen) atoms. The quantitative estimate of drug-likeness (QED) is 0.583. The second-order valence-electron chi connectivity index (χ2n) is 8.81. The van der Waals surface area contributed by atoms with Gasteiger partial charge in [-0.05, 0) is 43.5 Å². The van der Waals surface area contributed by atoms with E-state index in [-0.39, 0.29) is 42.6 Å². The Morgan fingerprint density at radius 1 is 1.00 bits per heavy atom. The summed E-state index contributed by atoms with van der Waals surface area (Å²) in [5, 5.41) is 0. The molecule has 3 unspecified atom stereocenters. The smallest absolute Gasteiger partial charge is 0.308 e. The van der Waals surface area contributed by atoms with Gasteiger partial charge in [-0.25, -0.2) is 8.42 Å². The number of benzene rings is 2. The molecule has 0 bridgehead atoms. The predicted octanol–water partition coefficient (Wildman–Crippen LogP) is 2.54. The van der Waals surface area contributed by atoms with E-state index >= 15 is 0 Å². The zero-order valence-electron chi connectivity index (χ0n) is 19.4. The van der Waals surface area contributed by atoms with E-state index in [1.165, 1.54) is 4.31 Å². The molecule has 182 valence electrons. The van der Waals surface area contributed by atoms with Crippen LogP contribution in [0, 0.1) is 0 Å². The van der Waals surface area contributed by atoms with E-state index < -0.39 is 22.0 Å². The molecule has 8 nitrogen and oxygen atoms in total. The number of hydrogen-bond acceptors (Lipinski definition) is 6. The summed E-state index contributed by atoms with van der Waals surface area (Å²) in [5.41, 5.74) is 1.79. The van der Waals surface area contributed by atoms with Crippen LogP contribution in [-0.4, -0.2) is 67.9 Å². The highest BCUT2D eigenvalue weighted by atomic mass is 32.2. The maximum absolute atomic E-state index is 13.4. The number of sulfonamides is 1. The van der Waals surface area contributed by atoms with Crippen molar-refractivity contribution in [3.8, 4) is 0 Å². The molecule has 1 amide bonds. The fourth-order valence-electron chi connectivity index (χ4n) is 4.69. The lowest BCUT2D eigenvalue weighted by atomic mass is 9.92. The van der Waals surface area contributed by atoms with Crippen molar-refractivity contribution in [2.45, 2.75) is 49.8 Å². The molecule has 0 spiro atoms. The number of fused-ring (bicyclic) bond motifs is 1. The number of ether oxygens (including phenoxy) is 2. The van der Waals surface area contributed by atoms with Crippen LogP contribution in [0.1, 0.15) is 37.4 Å². The third kappa shape index (κ3) is 5.32. The minimum absolute atomic E-state index is 0.0844. The van der Waals surface area contributed by atoms with E-state index in [4.69, 9.17) is 9.47 Å². The molecule has 1 saturated heterocycles. The Morgan fingerprint density at radius 2 is 1.65 bits per heavy atom. The normalized spacial score (nSPS) is 23.2. The minimum Gasteiger partial charge on any atom is -0.456 e. The topological polar surface area (TPSA) is 93.2 Å². The summed E-state index contributed by atoms with van der Waals surface area (Å²) in [4.78, 5) is 27.2. The first-order valence-corrected chi connectivity index (χ1v) is 12.9. The molecule has 4 rings (SSSR count). The lowest BCUT2D eigenvalue weighted by Crippen LogP contribution is -2.49. The van der Waals surface area contributed by atoms with E-state index in [1.54, 1.807) is 35.2 Å². The molecule has 0 aromatic heterocycles. The number of carbonyl (C=O) groups is 2. The molecule has 9 heteroatoms. The number of rotatable bonds is 6. The number of esters is 1. The Bertz CT molecular complexity index is 1130. The summed E-state index contributed by atoms with van der Waals surface area (Å²) >= 11 is 0. The van der Waals surface area contributed by atoms with E-state index in [0.717, 1.165) is 11.1 Å². The molecule has 0 aliphatic carbocycles. The zero-order chi connectivity index (χ0) is 24.3. The third-order valence-electron chi connectivity index (χ3n) is 6.20. The fraction of sp³-hybridized carbons (Fsp3) is 0.440. The van der Waals surface area contributed by atoms with Gasteiger partial charge in [-0.3, -0.25) is 9.59 Å². The molecule has 1 fully saturated rings. The van der Waals surface area contributed by atoms with Gasteiger partial charge in [-0.15, -0.1) is 0 Å². The molecule has 3 atom stereocenters. The largest absolute Gasteiger partial charge is 0.456 e. The van der Waals surface area contributed by atoms with Crippen molar-refractivity contribution in [1.29, 1.82) is 0 Å². The predicted molar refractivity (Wildman–Crippen MR) is 125 cm³/mol. The fourth-order valence-corrected chi connectivity index (χ4v) is 6.31. The van der Waals surface area contributed by atoms with Crippen LogP contribution in [0.2, 0.25) is 0 Å². The molecular formula is C25H30N2O6S. The van der Waals surface area contributed by atoms with Crippen molar-refractivity contribution in [3.05, 3.63) is 65.7 Å². The molecule has 2 aromatic rings. The zero-order valence-corrected chi connectivity index (χ0v) is 20.2. The highest BCUT2D eigenvalue weighted by Crippen LogP contribution is 2.36. The van der Waals surface area contributed by atoms with Gasteiger partial charge >= 0.3 is 5.97 Å². The molecule has 0 N–H and O–H groups in total. The summed E-state index contributed by atoms with van der Waals surface area (Å²) in [6, 6.07) is 15.0. The van der Waals surface area contributed by atoms with Gasteiger partial charge in [0.05, 0.1) is 29.6 Å². The standard InChI is InChI=1S/C25H30N2O6S/c1-18-15-26(16-19(2)33-18)24(28)17-32-25(29)14-23-22-11-7-6-8-20(22)12-13-27(23)34(30,31)21-9-4-3-5-10-21/h3-11,18-19,23H,12-17H2,1-2H3. The van der Waals surface area contributed by atoms with E-state index in [1.807, 2.05) is 38.1 Å². The third-order valence-corrected chi connectivity index (χ3v) is 8.12. The van der Waals surface area contributed by atoms with Crippen LogP contribution < -0.4 is 0 Å². The highest BCUT2D eigenvalue weighted by molar-refractivity contribution is 7.89. The van der Waals surface area contributed by atoms with E-state index in [0.29, 0.717) is 19.5 Å². The average molecular weight is 487 g/mol. The summed E-state index contributed by atoms with van der Waals surface area (Å²) in [6.07, 6.45) is 0.212. The second-order valence-corrected chi connectivity index (χ2v) is 10.7. The van der Waals surface area contributed by atoms with Crippen molar-refractivity contribution in [1.82, 2.24) is 9.21 Å². The number of nitrogens with zero attached hydrogens (tertiary/aromatic N) is 2. The van der Waals surface area contributed by atoms with Gasteiger partial charge in [0.15, 0.2) is 6.61 Å². The summed E-state index contributed by atoms with van der Waals surface area (Å²) < 4.78 is 39.2. The first-order valence-electron chi connectivity index (χ1n) is 11.5. The van der Waals surface area contributed by atoms with Crippen LogP contribution in [0.15, 0.2) is 59.5 Å². The number of carbonyl (C=O) groups excluding carboxylic acids is 2. The van der Waals surface area contributed by atoms with Gasteiger partial charge in [0.2, 0.25) is 10.0 Å². The Kier molecular flexibility index (Phi) is 7.35. The molecule has 2 aromatic carbocycles. The maximum atomic E-state index is 13.4. The Hall–Kier alpha value is -2.75. The Labute approximate surface area is 200 Å². The van der Waals surface area contributed by atoms with Gasteiger partial charge < -0.3 is 14.4 Å². The van der Waals surface area contributed by atoms with Gasteiger partial charge in [0.1, 0.15) is 0 Å². The van der Waals surface area contributed by atoms with Crippen molar-refractivity contribution < 1.29 is 27.5 Å².